The standard InChI is InChI=1S/C18H21ClN4O.ClH/c1-13-9-15(19)4-5-16(13)22-18(24)12-23-8-7-21-11-17(23)14-3-2-6-20-10-14;/h2-6,9-10,17,21H,7-8,11-12H2,1H3,(H,22,24);1H. The van der Waals surface area contributed by atoms with Crippen molar-refractivity contribution < 1.29 is 4.79 Å². The first-order chi connectivity index (χ1) is 11.6. The normalized spacial score (nSPS) is 17.6. The lowest BCUT2D eigenvalue weighted by Gasteiger charge is -2.35. The molecule has 134 valence electrons. The minimum absolute atomic E-state index is 0. The molecule has 1 amide bonds. The van der Waals surface area contributed by atoms with Crippen LogP contribution < -0.4 is 10.6 Å². The minimum atomic E-state index is -0.0174. The van der Waals surface area contributed by atoms with E-state index in [1.807, 2.05) is 31.3 Å². The number of hydrogen-bond donors (Lipinski definition) is 2. The second kappa shape index (κ2) is 9.15. The molecule has 7 heteroatoms. The van der Waals surface area contributed by atoms with Gasteiger partial charge in [0.05, 0.1) is 6.54 Å². The lowest BCUT2D eigenvalue weighted by atomic mass is 10.1. The number of nitrogens with zero attached hydrogens (tertiary/aromatic N) is 2. The molecule has 1 aromatic carbocycles. The van der Waals surface area contributed by atoms with Gasteiger partial charge in [-0.05, 0) is 42.3 Å². The van der Waals surface area contributed by atoms with Crippen molar-refractivity contribution >= 4 is 35.6 Å². The maximum Gasteiger partial charge on any atom is 0.238 e. The van der Waals surface area contributed by atoms with Crippen LogP contribution in [0.1, 0.15) is 17.2 Å². The van der Waals surface area contributed by atoms with Crippen LogP contribution in [0.25, 0.3) is 0 Å². The third-order valence-electron chi connectivity index (χ3n) is 4.23. The molecule has 1 saturated heterocycles. The molecule has 0 bridgehead atoms. The molecule has 0 saturated carbocycles. The summed E-state index contributed by atoms with van der Waals surface area (Å²) < 4.78 is 0. The number of hydrogen-bond acceptors (Lipinski definition) is 4. The van der Waals surface area contributed by atoms with Gasteiger partial charge in [-0.15, -0.1) is 12.4 Å². The molecule has 1 unspecified atom stereocenters. The zero-order valence-electron chi connectivity index (χ0n) is 14.0. The number of carbonyl (C=O) groups is 1. The fourth-order valence-electron chi connectivity index (χ4n) is 2.98. The number of nitrogens with one attached hydrogen (secondary N) is 2. The van der Waals surface area contributed by atoms with E-state index >= 15 is 0 Å². The number of amides is 1. The predicted octanol–water partition coefficient (Wildman–Crippen LogP) is 3.05. The highest BCUT2D eigenvalue weighted by atomic mass is 35.5. The van der Waals surface area contributed by atoms with Crippen LogP contribution in [0.15, 0.2) is 42.7 Å². The summed E-state index contributed by atoms with van der Waals surface area (Å²) in [6.07, 6.45) is 3.63. The van der Waals surface area contributed by atoms with Gasteiger partial charge in [0.2, 0.25) is 5.91 Å². The first-order valence-electron chi connectivity index (χ1n) is 8.04. The predicted molar refractivity (Wildman–Crippen MR) is 103 cm³/mol. The molecule has 3 rings (SSSR count). The number of benzene rings is 1. The van der Waals surface area contributed by atoms with Gasteiger partial charge in [0, 0.05) is 48.8 Å². The molecule has 1 fully saturated rings. The van der Waals surface area contributed by atoms with Crippen molar-refractivity contribution in [1.29, 1.82) is 0 Å². The number of halogens is 2. The van der Waals surface area contributed by atoms with Crippen LogP contribution in [0, 0.1) is 6.92 Å². The van der Waals surface area contributed by atoms with Crippen LogP contribution in [0.4, 0.5) is 5.69 Å². The average Bonchev–Trinajstić information content (AvgIpc) is 2.59. The lowest BCUT2D eigenvalue weighted by Crippen LogP contribution is -2.48. The van der Waals surface area contributed by atoms with E-state index in [0.717, 1.165) is 36.4 Å². The zero-order valence-corrected chi connectivity index (χ0v) is 15.6. The molecule has 5 nitrogen and oxygen atoms in total. The van der Waals surface area contributed by atoms with Crippen LogP contribution in [0.3, 0.4) is 0 Å². The quantitative estimate of drug-likeness (QED) is 0.855. The lowest BCUT2D eigenvalue weighted by molar-refractivity contribution is -0.118. The van der Waals surface area contributed by atoms with E-state index in [0.29, 0.717) is 11.6 Å². The Hall–Kier alpha value is -1.66. The topological polar surface area (TPSA) is 57.3 Å². The van der Waals surface area contributed by atoms with Gasteiger partial charge in [0.15, 0.2) is 0 Å². The molecule has 1 atom stereocenters. The molecule has 0 spiro atoms. The van der Waals surface area contributed by atoms with Gasteiger partial charge in [-0.1, -0.05) is 17.7 Å². The highest BCUT2D eigenvalue weighted by Crippen LogP contribution is 2.22. The maximum absolute atomic E-state index is 12.5. The summed E-state index contributed by atoms with van der Waals surface area (Å²) in [5, 5.41) is 7.04. The van der Waals surface area contributed by atoms with Gasteiger partial charge in [0.1, 0.15) is 0 Å². The molecule has 0 aliphatic carbocycles. The summed E-state index contributed by atoms with van der Waals surface area (Å²) in [4.78, 5) is 18.9. The van der Waals surface area contributed by atoms with Gasteiger partial charge in [-0.25, -0.2) is 0 Å². The van der Waals surface area contributed by atoms with Crippen LogP contribution in [-0.2, 0) is 4.79 Å². The van der Waals surface area contributed by atoms with Crippen LogP contribution in [-0.4, -0.2) is 42.0 Å². The molecular formula is C18H22Cl2N4O. The Kier molecular flexibility index (Phi) is 7.20. The summed E-state index contributed by atoms with van der Waals surface area (Å²) in [5.74, 6) is -0.0174. The van der Waals surface area contributed by atoms with Crippen LogP contribution in [0.5, 0.6) is 0 Å². The van der Waals surface area contributed by atoms with E-state index in [2.05, 4.69) is 26.6 Å². The molecule has 25 heavy (non-hydrogen) atoms. The Balaban J connectivity index is 0.00000225. The Morgan fingerprint density at radius 1 is 1.44 bits per heavy atom. The third kappa shape index (κ3) is 5.16. The number of aryl methyl sites for hydroxylation is 1. The van der Waals surface area contributed by atoms with Gasteiger partial charge in [-0.3, -0.25) is 14.7 Å². The van der Waals surface area contributed by atoms with E-state index in [-0.39, 0.29) is 24.4 Å². The van der Waals surface area contributed by atoms with Gasteiger partial charge < -0.3 is 10.6 Å². The maximum atomic E-state index is 12.5. The van der Waals surface area contributed by atoms with Crippen molar-refractivity contribution in [3.8, 4) is 0 Å². The Bertz CT molecular complexity index is 711. The van der Waals surface area contributed by atoms with Gasteiger partial charge in [0.25, 0.3) is 0 Å². The summed E-state index contributed by atoms with van der Waals surface area (Å²) in [7, 11) is 0. The SMILES string of the molecule is Cc1cc(Cl)ccc1NC(=O)CN1CCNCC1c1cccnc1.Cl. The van der Waals surface area contributed by atoms with Crippen molar-refractivity contribution in [2.24, 2.45) is 0 Å². The summed E-state index contributed by atoms with van der Waals surface area (Å²) in [6, 6.07) is 9.61. The molecule has 2 aromatic rings. The number of piperazine rings is 1. The Labute approximate surface area is 159 Å². The second-order valence-electron chi connectivity index (χ2n) is 5.98. The average molecular weight is 381 g/mol. The highest BCUT2D eigenvalue weighted by Gasteiger charge is 2.25. The summed E-state index contributed by atoms with van der Waals surface area (Å²) in [5.41, 5.74) is 2.89. The first-order valence-corrected chi connectivity index (χ1v) is 8.42. The van der Waals surface area contributed by atoms with E-state index < -0.39 is 0 Å². The molecule has 0 radical (unpaired) electrons. The Morgan fingerprint density at radius 2 is 2.28 bits per heavy atom. The fraction of sp³-hybridized carbons (Fsp3) is 0.333. The summed E-state index contributed by atoms with van der Waals surface area (Å²) >= 11 is 5.96. The molecule has 1 aliphatic rings. The Morgan fingerprint density at radius 3 is 3.00 bits per heavy atom. The van der Waals surface area contributed by atoms with Crippen molar-refractivity contribution in [2.45, 2.75) is 13.0 Å². The molecule has 1 aromatic heterocycles. The van der Waals surface area contributed by atoms with Gasteiger partial charge >= 0.3 is 0 Å². The second-order valence-corrected chi connectivity index (χ2v) is 6.42. The van der Waals surface area contributed by atoms with Crippen molar-refractivity contribution in [2.75, 3.05) is 31.5 Å². The number of rotatable bonds is 4. The highest BCUT2D eigenvalue weighted by molar-refractivity contribution is 6.30. The zero-order chi connectivity index (χ0) is 16.9. The minimum Gasteiger partial charge on any atom is -0.325 e. The van der Waals surface area contributed by atoms with Gasteiger partial charge in [-0.2, -0.15) is 0 Å². The molecule has 2 N–H and O–H groups in total. The first kappa shape index (κ1) is 19.7. The number of anilines is 1. The van der Waals surface area contributed by atoms with Crippen molar-refractivity contribution in [3.05, 3.63) is 58.9 Å². The third-order valence-corrected chi connectivity index (χ3v) is 4.47. The smallest absolute Gasteiger partial charge is 0.238 e. The van der Waals surface area contributed by atoms with E-state index in [1.165, 1.54) is 0 Å². The van der Waals surface area contributed by atoms with Crippen molar-refractivity contribution in [1.82, 2.24) is 15.2 Å². The number of pyridine rings is 1. The van der Waals surface area contributed by atoms with Crippen LogP contribution >= 0.6 is 24.0 Å². The van der Waals surface area contributed by atoms with E-state index in [9.17, 15) is 4.79 Å². The van der Waals surface area contributed by atoms with Crippen LogP contribution in [0.2, 0.25) is 5.02 Å². The van der Waals surface area contributed by atoms with Crippen molar-refractivity contribution in [3.63, 3.8) is 0 Å². The van der Waals surface area contributed by atoms with E-state index in [4.69, 9.17) is 11.6 Å². The molecular weight excluding hydrogens is 359 g/mol. The molecule has 1 aliphatic heterocycles. The molecule has 2 heterocycles. The largest absolute Gasteiger partial charge is 0.325 e. The number of aromatic nitrogens is 1. The number of carbonyl (C=O) groups excluding carboxylic acids is 1. The fourth-order valence-corrected chi connectivity index (χ4v) is 3.21. The van der Waals surface area contributed by atoms with E-state index in [1.54, 1.807) is 12.3 Å². The summed E-state index contributed by atoms with van der Waals surface area (Å²) in [6.45, 7) is 4.81. The monoisotopic (exact) mass is 380 g/mol.